The molecular formula is C15H19NO2S. The molecule has 0 aliphatic heterocycles. The first kappa shape index (κ1) is 14.0. The summed E-state index contributed by atoms with van der Waals surface area (Å²) in [6, 6.07) is 12.0. The van der Waals surface area contributed by atoms with Gasteiger partial charge < -0.3 is 14.9 Å². The molecule has 0 spiro atoms. The normalized spacial score (nSPS) is 14.1. The third-order valence-corrected chi connectivity index (χ3v) is 4.40. The van der Waals surface area contributed by atoms with Crippen LogP contribution < -0.4 is 10.5 Å². The number of methoxy groups -OCH3 is 1. The van der Waals surface area contributed by atoms with Gasteiger partial charge in [0.2, 0.25) is 0 Å². The van der Waals surface area contributed by atoms with Crippen LogP contribution in [0.4, 0.5) is 0 Å². The molecule has 0 bridgehead atoms. The highest BCUT2D eigenvalue weighted by Crippen LogP contribution is 2.35. The number of hydrogen-bond acceptors (Lipinski definition) is 4. The Kier molecular flexibility index (Phi) is 4.93. The molecule has 1 aromatic heterocycles. The lowest BCUT2D eigenvalue weighted by molar-refractivity contribution is 0.414. The topological polar surface area (TPSA) is 48.4 Å². The van der Waals surface area contributed by atoms with Crippen LogP contribution in [0.25, 0.3) is 0 Å². The second-order valence-electron chi connectivity index (χ2n) is 4.45. The fraction of sp³-hybridized carbons (Fsp3) is 0.333. The van der Waals surface area contributed by atoms with E-state index in [2.05, 4.69) is 6.07 Å². The first-order valence-electron chi connectivity index (χ1n) is 6.24. The molecule has 0 fully saturated rings. The fourth-order valence-electron chi connectivity index (χ4n) is 1.94. The highest BCUT2D eigenvalue weighted by molar-refractivity contribution is 7.98. The van der Waals surface area contributed by atoms with Gasteiger partial charge in [0.25, 0.3) is 0 Å². The molecule has 2 N–H and O–H groups in total. The Labute approximate surface area is 118 Å². The van der Waals surface area contributed by atoms with E-state index in [1.807, 2.05) is 37.3 Å². The minimum atomic E-state index is 0.0621. The van der Waals surface area contributed by atoms with Crippen molar-refractivity contribution in [2.75, 3.05) is 7.11 Å². The van der Waals surface area contributed by atoms with E-state index in [-0.39, 0.29) is 11.3 Å². The molecule has 3 nitrogen and oxygen atoms in total. The Morgan fingerprint density at radius 1 is 1.32 bits per heavy atom. The van der Waals surface area contributed by atoms with Crippen LogP contribution in [0.15, 0.2) is 47.1 Å². The summed E-state index contributed by atoms with van der Waals surface area (Å²) in [6.07, 6.45) is 1.70. The Bertz CT molecular complexity index is 497. The maximum absolute atomic E-state index is 6.11. The van der Waals surface area contributed by atoms with E-state index in [1.165, 1.54) is 5.56 Å². The van der Waals surface area contributed by atoms with E-state index < -0.39 is 0 Å². The Hall–Kier alpha value is -1.39. The Morgan fingerprint density at radius 3 is 2.79 bits per heavy atom. The van der Waals surface area contributed by atoms with Crippen LogP contribution in [-0.4, -0.2) is 13.2 Å². The van der Waals surface area contributed by atoms with Gasteiger partial charge in [0, 0.05) is 11.3 Å². The lowest BCUT2D eigenvalue weighted by Crippen LogP contribution is -2.22. The van der Waals surface area contributed by atoms with Crippen molar-refractivity contribution in [3.05, 3.63) is 54.0 Å². The van der Waals surface area contributed by atoms with Gasteiger partial charge in [-0.2, -0.15) is 0 Å². The summed E-state index contributed by atoms with van der Waals surface area (Å²) >= 11 is 1.79. The molecule has 1 aromatic carbocycles. The number of benzene rings is 1. The van der Waals surface area contributed by atoms with Crippen LogP contribution in [-0.2, 0) is 5.75 Å². The number of nitrogens with two attached hydrogens (primary N) is 1. The van der Waals surface area contributed by atoms with Gasteiger partial charge in [0.05, 0.1) is 19.1 Å². The van der Waals surface area contributed by atoms with Crippen molar-refractivity contribution in [1.82, 2.24) is 0 Å². The number of rotatable bonds is 6. The molecule has 0 saturated heterocycles. The Morgan fingerprint density at radius 2 is 2.16 bits per heavy atom. The SMILES string of the molecule is COc1cccc(C(SCc2ccco2)C(C)N)c1. The van der Waals surface area contributed by atoms with Gasteiger partial charge in [-0.1, -0.05) is 12.1 Å². The van der Waals surface area contributed by atoms with Crippen molar-refractivity contribution in [3.8, 4) is 5.75 Å². The van der Waals surface area contributed by atoms with Gasteiger partial charge in [0.1, 0.15) is 11.5 Å². The molecule has 1 heterocycles. The number of hydrogen-bond donors (Lipinski definition) is 1. The molecule has 0 aliphatic rings. The molecule has 0 saturated carbocycles. The van der Waals surface area contributed by atoms with E-state index in [1.54, 1.807) is 25.1 Å². The molecule has 2 atom stereocenters. The van der Waals surface area contributed by atoms with Crippen molar-refractivity contribution < 1.29 is 9.15 Å². The summed E-state index contributed by atoms with van der Waals surface area (Å²) in [5.74, 6) is 2.65. The zero-order valence-electron chi connectivity index (χ0n) is 11.2. The average Bonchev–Trinajstić information content (AvgIpc) is 2.92. The summed E-state index contributed by atoms with van der Waals surface area (Å²) in [4.78, 5) is 0. The lowest BCUT2D eigenvalue weighted by atomic mass is 10.1. The lowest BCUT2D eigenvalue weighted by Gasteiger charge is -2.21. The van der Waals surface area contributed by atoms with E-state index in [0.717, 1.165) is 17.3 Å². The van der Waals surface area contributed by atoms with E-state index in [4.69, 9.17) is 14.9 Å². The molecule has 2 aromatic rings. The summed E-state index contributed by atoms with van der Waals surface area (Å²) < 4.78 is 10.6. The van der Waals surface area contributed by atoms with Crippen molar-refractivity contribution in [1.29, 1.82) is 0 Å². The third-order valence-electron chi connectivity index (χ3n) is 2.89. The fourth-order valence-corrected chi connectivity index (χ4v) is 3.09. The van der Waals surface area contributed by atoms with E-state index in [9.17, 15) is 0 Å². The highest BCUT2D eigenvalue weighted by atomic mass is 32.2. The molecule has 0 amide bonds. The van der Waals surface area contributed by atoms with Gasteiger partial charge in [-0.15, -0.1) is 11.8 Å². The van der Waals surface area contributed by atoms with E-state index in [0.29, 0.717) is 0 Å². The largest absolute Gasteiger partial charge is 0.497 e. The van der Waals surface area contributed by atoms with Crippen molar-refractivity contribution in [3.63, 3.8) is 0 Å². The molecule has 19 heavy (non-hydrogen) atoms. The van der Waals surface area contributed by atoms with Crippen LogP contribution in [0.2, 0.25) is 0 Å². The molecule has 4 heteroatoms. The van der Waals surface area contributed by atoms with Gasteiger partial charge in [-0.3, -0.25) is 0 Å². The summed E-state index contributed by atoms with van der Waals surface area (Å²) in [6.45, 7) is 2.03. The van der Waals surface area contributed by atoms with Crippen molar-refractivity contribution in [2.45, 2.75) is 24.0 Å². The molecule has 2 unspecified atom stereocenters. The number of ether oxygens (including phenoxy) is 1. The predicted molar refractivity (Wildman–Crippen MR) is 79.4 cm³/mol. The molecule has 0 aliphatic carbocycles. The van der Waals surface area contributed by atoms with Gasteiger partial charge in [0.15, 0.2) is 0 Å². The zero-order chi connectivity index (χ0) is 13.7. The predicted octanol–water partition coefficient (Wildman–Crippen LogP) is 3.61. The summed E-state index contributed by atoms with van der Waals surface area (Å²) in [5.41, 5.74) is 7.29. The minimum absolute atomic E-state index is 0.0621. The van der Waals surface area contributed by atoms with Gasteiger partial charge in [-0.05, 0) is 36.8 Å². The third kappa shape index (κ3) is 3.78. The molecule has 2 rings (SSSR count). The monoisotopic (exact) mass is 277 g/mol. The average molecular weight is 277 g/mol. The Balaban J connectivity index is 2.10. The van der Waals surface area contributed by atoms with Crippen LogP contribution in [0.5, 0.6) is 5.75 Å². The van der Waals surface area contributed by atoms with E-state index >= 15 is 0 Å². The minimum Gasteiger partial charge on any atom is -0.497 e. The summed E-state index contributed by atoms with van der Waals surface area (Å²) in [7, 11) is 1.68. The second kappa shape index (κ2) is 6.68. The van der Waals surface area contributed by atoms with Crippen LogP contribution in [0, 0.1) is 0 Å². The standard InChI is InChI=1S/C15H19NO2S/c1-11(16)15(19-10-14-7-4-8-18-14)12-5-3-6-13(9-12)17-2/h3-9,11,15H,10,16H2,1-2H3. The van der Waals surface area contributed by atoms with Crippen molar-refractivity contribution >= 4 is 11.8 Å². The highest BCUT2D eigenvalue weighted by Gasteiger charge is 2.18. The summed E-state index contributed by atoms with van der Waals surface area (Å²) in [5, 5.41) is 0.222. The van der Waals surface area contributed by atoms with Gasteiger partial charge in [-0.25, -0.2) is 0 Å². The number of furan rings is 1. The first-order valence-corrected chi connectivity index (χ1v) is 7.29. The quantitative estimate of drug-likeness (QED) is 0.876. The smallest absolute Gasteiger partial charge is 0.119 e. The first-order chi connectivity index (χ1) is 9.20. The number of thioether (sulfide) groups is 1. The van der Waals surface area contributed by atoms with Crippen LogP contribution in [0.3, 0.4) is 0 Å². The van der Waals surface area contributed by atoms with Crippen LogP contribution >= 0.6 is 11.8 Å². The zero-order valence-corrected chi connectivity index (χ0v) is 12.0. The van der Waals surface area contributed by atoms with Gasteiger partial charge >= 0.3 is 0 Å². The maximum atomic E-state index is 6.11. The maximum Gasteiger partial charge on any atom is 0.119 e. The molecular weight excluding hydrogens is 258 g/mol. The van der Waals surface area contributed by atoms with Crippen molar-refractivity contribution in [2.24, 2.45) is 5.73 Å². The molecule has 0 radical (unpaired) electrons. The molecule has 102 valence electrons. The second-order valence-corrected chi connectivity index (χ2v) is 5.58. The van der Waals surface area contributed by atoms with Crippen LogP contribution in [0.1, 0.15) is 23.5 Å².